The number of hydrogen-bond donors (Lipinski definition) is 2. The van der Waals surface area contributed by atoms with Gasteiger partial charge in [-0.25, -0.2) is 5.43 Å². The van der Waals surface area contributed by atoms with Gasteiger partial charge in [0, 0.05) is 29.2 Å². The van der Waals surface area contributed by atoms with Crippen LogP contribution in [-0.2, 0) is 0 Å². The summed E-state index contributed by atoms with van der Waals surface area (Å²) in [5.41, 5.74) is 4.70. The van der Waals surface area contributed by atoms with E-state index in [2.05, 4.69) is 10.5 Å². The Hall–Kier alpha value is -3.34. The maximum absolute atomic E-state index is 11.9. The van der Waals surface area contributed by atoms with Crippen molar-refractivity contribution in [3.05, 3.63) is 84.2 Å². The molecule has 1 heterocycles. The van der Waals surface area contributed by atoms with E-state index in [1.807, 2.05) is 53.4 Å². The van der Waals surface area contributed by atoms with Gasteiger partial charge in [-0.05, 0) is 36.4 Å². The molecule has 2 N–H and O–H groups in total. The molecule has 0 saturated heterocycles. The quantitative estimate of drug-likeness (QED) is 0.575. The van der Waals surface area contributed by atoms with Crippen LogP contribution in [0.5, 0.6) is 5.75 Å². The lowest BCUT2D eigenvalue weighted by Crippen LogP contribution is -2.17. The smallest absolute Gasteiger partial charge is 0.271 e. The summed E-state index contributed by atoms with van der Waals surface area (Å²) in [6, 6.07) is 17.9. The molecule has 0 aliphatic heterocycles. The van der Waals surface area contributed by atoms with Crippen LogP contribution in [0, 0.1) is 0 Å². The maximum atomic E-state index is 11.9. The Labute approximate surface area is 133 Å². The molecular weight excluding hydrogens is 290 g/mol. The third-order valence-corrected chi connectivity index (χ3v) is 3.26. The van der Waals surface area contributed by atoms with E-state index in [4.69, 9.17) is 0 Å². The minimum Gasteiger partial charge on any atom is -0.508 e. The Morgan fingerprint density at radius 2 is 1.91 bits per heavy atom. The van der Waals surface area contributed by atoms with Gasteiger partial charge in [-0.1, -0.05) is 24.3 Å². The van der Waals surface area contributed by atoms with Crippen LogP contribution in [0.15, 0.2) is 78.2 Å². The molecule has 23 heavy (non-hydrogen) atoms. The van der Waals surface area contributed by atoms with Crippen molar-refractivity contribution in [1.29, 1.82) is 0 Å². The summed E-state index contributed by atoms with van der Waals surface area (Å²) in [5.74, 6) is -0.332. The zero-order valence-electron chi connectivity index (χ0n) is 12.3. The predicted molar refractivity (Wildman–Crippen MR) is 88.9 cm³/mol. The lowest BCUT2D eigenvalue weighted by molar-refractivity contribution is 0.0954. The SMILES string of the molecule is O=C(N/N=C/c1ccn(-c2ccccc2)c1)c1cccc(O)c1. The molecule has 1 aromatic heterocycles. The standard InChI is InChI=1S/C18H15N3O2/c22-17-8-4-5-15(11-17)18(23)20-19-12-14-9-10-21(13-14)16-6-2-1-3-7-16/h1-13,22H,(H,20,23)/b19-12+. The van der Waals surface area contributed by atoms with E-state index in [1.54, 1.807) is 18.3 Å². The molecule has 3 rings (SSSR count). The summed E-state index contributed by atoms with van der Waals surface area (Å²) in [6.45, 7) is 0. The highest BCUT2D eigenvalue weighted by Crippen LogP contribution is 2.11. The molecule has 0 aliphatic carbocycles. The first kappa shape index (κ1) is 14.6. The highest BCUT2D eigenvalue weighted by Gasteiger charge is 2.04. The minimum atomic E-state index is -0.375. The Morgan fingerprint density at radius 1 is 1.09 bits per heavy atom. The van der Waals surface area contributed by atoms with E-state index in [9.17, 15) is 9.90 Å². The first-order valence-corrected chi connectivity index (χ1v) is 7.08. The van der Waals surface area contributed by atoms with E-state index in [1.165, 1.54) is 12.1 Å². The molecule has 0 unspecified atom stereocenters. The number of aromatic nitrogens is 1. The minimum absolute atomic E-state index is 0.0431. The van der Waals surface area contributed by atoms with Crippen LogP contribution < -0.4 is 5.43 Å². The van der Waals surface area contributed by atoms with Crippen molar-refractivity contribution in [2.24, 2.45) is 5.10 Å². The van der Waals surface area contributed by atoms with Crippen molar-refractivity contribution < 1.29 is 9.90 Å². The number of hydrogen-bond acceptors (Lipinski definition) is 3. The number of carbonyl (C=O) groups excluding carboxylic acids is 1. The van der Waals surface area contributed by atoms with Gasteiger partial charge >= 0.3 is 0 Å². The zero-order chi connectivity index (χ0) is 16.1. The summed E-state index contributed by atoms with van der Waals surface area (Å²) in [7, 11) is 0. The van der Waals surface area contributed by atoms with Gasteiger partial charge < -0.3 is 9.67 Å². The Morgan fingerprint density at radius 3 is 2.70 bits per heavy atom. The molecule has 0 fully saturated rings. The Bertz CT molecular complexity index is 838. The fourth-order valence-electron chi connectivity index (χ4n) is 2.13. The van der Waals surface area contributed by atoms with Crippen LogP contribution in [-0.4, -0.2) is 21.8 Å². The summed E-state index contributed by atoms with van der Waals surface area (Å²) in [5, 5.41) is 13.3. The summed E-state index contributed by atoms with van der Waals surface area (Å²) in [6.07, 6.45) is 5.41. The van der Waals surface area contributed by atoms with Crippen molar-refractivity contribution in [2.45, 2.75) is 0 Å². The molecule has 0 radical (unpaired) electrons. The highest BCUT2D eigenvalue weighted by molar-refractivity contribution is 5.95. The van der Waals surface area contributed by atoms with E-state index in [-0.39, 0.29) is 11.7 Å². The molecule has 0 saturated carbocycles. The van der Waals surface area contributed by atoms with Crippen LogP contribution in [0.4, 0.5) is 0 Å². The highest BCUT2D eigenvalue weighted by atomic mass is 16.3. The van der Waals surface area contributed by atoms with Crippen LogP contribution in [0.3, 0.4) is 0 Å². The molecule has 114 valence electrons. The van der Waals surface area contributed by atoms with Gasteiger partial charge in [-0.2, -0.15) is 5.10 Å². The summed E-state index contributed by atoms with van der Waals surface area (Å²) in [4.78, 5) is 11.9. The van der Waals surface area contributed by atoms with Gasteiger partial charge in [-0.15, -0.1) is 0 Å². The number of amides is 1. The van der Waals surface area contributed by atoms with Crippen molar-refractivity contribution in [3.8, 4) is 11.4 Å². The van der Waals surface area contributed by atoms with Gasteiger partial charge in [0.25, 0.3) is 5.91 Å². The molecule has 3 aromatic rings. The van der Waals surface area contributed by atoms with Gasteiger partial charge in [-0.3, -0.25) is 4.79 Å². The molecule has 5 nitrogen and oxygen atoms in total. The second-order valence-electron chi connectivity index (χ2n) is 4.94. The van der Waals surface area contributed by atoms with E-state index in [0.717, 1.165) is 11.3 Å². The lowest BCUT2D eigenvalue weighted by Gasteiger charge is -2.00. The average molecular weight is 305 g/mol. The van der Waals surface area contributed by atoms with Gasteiger partial charge in [0.1, 0.15) is 5.75 Å². The van der Waals surface area contributed by atoms with Crippen LogP contribution >= 0.6 is 0 Å². The number of phenolic OH excluding ortho intramolecular Hbond substituents is 1. The third-order valence-electron chi connectivity index (χ3n) is 3.26. The number of hydrazone groups is 1. The Kier molecular flexibility index (Phi) is 4.20. The normalized spacial score (nSPS) is 10.8. The van der Waals surface area contributed by atoms with Crippen LogP contribution in [0.25, 0.3) is 5.69 Å². The van der Waals surface area contributed by atoms with Crippen LogP contribution in [0.1, 0.15) is 15.9 Å². The van der Waals surface area contributed by atoms with Gasteiger partial charge in [0.15, 0.2) is 0 Å². The average Bonchev–Trinajstić information content (AvgIpc) is 3.04. The van der Waals surface area contributed by atoms with Crippen LogP contribution in [0.2, 0.25) is 0 Å². The second-order valence-corrected chi connectivity index (χ2v) is 4.94. The summed E-state index contributed by atoms with van der Waals surface area (Å²) < 4.78 is 1.97. The number of benzene rings is 2. The number of nitrogens with one attached hydrogen (secondary N) is 1. The zero-order valence-corrected chi connectivity index (χ0v) is 12.3. The molecule has 1 amide bonds. The van der Waals surface area contributed by atoms with E-state index < -0.39 is 0 Å². The summed E-state index contributed by atoms with van der Waals surface area (Å²) >= 11 is 0. The van der Waals surface area contributed by atoms with Crippen molar-refractivity contribution in [1.82, 2.24) is 9.99 Å². The largest absolute Gasteiger partial charge is 0.508 e. The van der Waals surface area contributed by atoms with Gasteiger partial charge in [0.05, 0.1) is 6.21 Å². The Balaban J connectivity index is 1.65. The lowest BCUT2D eigenvalue weighted by atomic mass is 10.2. The molecule has 2 aromatic carbocycles. The molecule has 5 heteroatoms. The monoisotopic (exact) mass is 305 g/mol. The fourth-order valence-corrected chi connectivity index (χ4v) is 2.13. The number of para-hydroxylation sites is 1. The number of rotatable bonds is 4. The second kappa shape index (κ2) is 6.62. The van der Waals surface area contributed by atoms with Crippen molar-refractivity contribution in [3.63, 3.8) is 0 Å². The first-order valence-electron chi connectivity index (χ1n) is 7.08. The topological polar surface area (TPSA) is 66.6 Å². The molecular formula is C18H15N3O2. The van der Waals surface area contributed by atoms with Gasteiger partial charge in [0.2, 0.25) is 0 Å². The molecule has 0 aliphatic rings. The maximum Gasteiger partial charge on any atom is 0.271 e. The molecule has 0 spiro atoms. The van der Waals surface area contributed by atoms with E-state index in [0.29, 0.717) is 5.56 Å². The molecule has 0 bridgehead atoms. The number of carbonyl (C=O) groups is 1. The van der Waals surface area contributed by atoms with Crippen molar-refractivity contribution in [2.75, 3.05) is 0 Å². The number of nitrogens with zero attached hydrogens (tertiary/aromatic N) is 2. The van der Waals surface area contributed by atoms with Crippen molar-refractivity contribution >= 4 is 12.1 Å². The first-order chi connectivity index (χ1) is 11.2. The molecule has 0 atom stereocenters. The fraction of sp³-hybridized carbons (Fsp3) is 0. The van der Waals surface area contributed by atoms with E-state index >= 15 is 0 Å². The number of aromatic hydroxyl groups is 1. The third kappa shape index (κ3) is 3.65. The predicted octanol–water partition coefficient (Wildman–Crippen LogP) is 2.95. The number of phenols is 1.